The highest BCUT2D eigenvalue weighted by molar-refractivity contribution is 14.1. The number of hydrogen-bond donors (Lipinski definition) is 1. The van der Waals surface area contributed by atoms with Crippen molar-refractivity contribution in [3.63, 3.8) is 0 Å². The van der Waals surface area contributed by atoms with Gasteiger partial charge in [-0.15, -0.1) is 0 Å². The Morgan fingerprint density at radius 3 is 2.45 bits per heavy atom. The highest BCUT2D eigenvalue weighted by Crippen LogP contribution is 2.21. The van der Waals surface area contributed by atoms with Crippen LogP contribution in [0.25, 0.3) is 0 Å². The number of pyridine rings is 1. The second kappa shape index (κ2) is 5.20. The molecule has 0 saturated carbocycles. The van der Waals surface area contributed by atoms with Crippen molar-refractivity contribution in [2.75, 3.05) is 12.0 Å². The molecule has 0 bridgehead atoms. The molecule has 5 nitrogen and oxygen atoms in total. The average molecular weight is 379 g/mol. The van der Waals surface area contributed by atoms with Crippen molar-refractivity contribution in [2.45, 2.75) is 0 Å². The predicted molar refractivity (Wildman–Crippen MR) is 82.4 cm³/mol. The monoisotopic (exact) mass is 379 g/mol. The van der Waals surface area contributed by atoms with Gasteiger partial charge in [0, 0.05) is 21.7 Å². The third kappa shape index (κ3) is 2.26. The molecule has 1 N–H and O–H groups in total. The summed E-state index contributed by atoms with van der Waals surface area (Å²) in [5.41, 5.74) is 1.64. The van der Waals surface area contributed by atoms with Gasteiger partial charge in [-0.2, -0.15) is 0 Å². The maximum absolute atomic E-state index is 12.1. The Kier molecular flexibility index (Phi) is 3.39. The topological polar surface area (TPSA) is 62.3 Å². The van der Waals surface area contributed by atoms with E-state index >= 15 is 0 Å². The quantitative estimate of drug-likeness (QED) is 0.657. The molecule has 0 unspecified atom stereocenters. The van der Waals surface area contributed by atoms with E-state index in [1.807, 2.05) is 24.3 Å². The van der Waals surface area contributed by atoms with Crippen molar-refractivity contribution >= 4 is 40.1 Å². The third-order valence-corrected chi connectivity index (χ3v) is 3.78. The lowest BCUT2D eigenvalue weighted by Crippen LogP contribution is -2.34. The summed E-state index contributed by atoms with van der Waals surface area (Å²) in [6, 6.07) is 9.29. The van der Waals surface area contributed by atoms with E-state index < -0.39 is 0 Å². The largest absolute Gasteiger partial charge is 0.367 e. The molecule has 2 amide bonds. The number of nitrogens with zero attached hydrogens (tertiary/aromatic N) is 2. The average Bonchev–Trinajstić information content (AvgIpc) is 2.71. The highest BCUT2D eigenvalue weighted by Gasteiger charge is 2.35. The zero-order chi connectivity index (χ0) is 14.1. The fourth-order valence-electron chi connectivity index (χ4n) is 2.02. The molecule has 0 saturated heterocycles. The van der Waals surface area contributed by atoms with Crippen molar-refractivity contribution < 1.29 is 9.59 Å². The molecular weight excluding hydrogens is 369 g/mol. The van der Waals surface area contributed by atoms with Crippen LogP contribution in [0.4, 0.5) is 5.69 Å². The first-order chi connectivity index (χ1) is 9.66. The van der Waals surface area contributed by atoms with E-state index in [0.717, 1.165) is 9.26 Å². The van der Waals surface area contributed by atoms with Crippen LogP contribution in [0.15, 0.2) is 42.7 Å². The molecule has 1 aliphatic heterocycles. The molecule has 6 heteroatoms. The van der Waals surface area contributed by atoms with Crippen LogP contribution in [0.3, 0.4) is 0 Å². The zero-order valence-corrected chi connectivity index (χ0v) is 12.5. The number of amides is 2. The summed E-state index contributed by atoms with van der Waals surface area (Å²) in [6.07, 6.45) is 2.94. The minimum atomic E-state index is -0.309. The van der Waals surface area contributed by atoms with Crippen LogP contribution < -0.4 is 5.32 Å². The van der Waals surface area contributed by atoms with E-state index in [1.54, 1.807) is 6.07 Å². The molecule has 100 valence electrons. The number of imide groups is 1. The summed E-state index contributed by atoms with van der Waals surface area (Å²) in [4.78, 5) is 29.3. The summed E-state index contributed by atoms with van der Waals surface area (Å²) in [6.45, 7) is 0.146. The summed E-state index contributed by atoms with van der Waals surface area (Å²) in [7, 11) is 0. The van der Waals surface area contributed by atoms with Crippen molar-refractivity contribution in [1.29, 1.82) is 0 Å². The van der Waals surface area contributed by atoms with E-state index in [0.29, 0.717) is 11.1 Å². The van der Waals surface area contributed by atoms with Gasteiger partial charge in [-0.25, -0.2) is 0 Å². The van der Waals surface area contributed by atoms with Crippen molar-refractivity contribution in [2.24, 2.45) is 0 Å². The lowest BCUT2D eigenvalue weighted by molar-refractivity contribution is 0.0666. The molecule has 1 aromatic heterocycles. The predicted octanol–water partition coefficient (Wildman–Crippen LogP) is 2.35. The lowest BCUT2D eigenvalue weighted by atomic mass is 10.2. The standard InChI is InChI=1S/C14H10IN3O2/c15-9-1-3-10(4-2-9)17-8-18-13(19)11-5-6-16-7-12(11)14(18)20/h1-7,17H,8H2. The van der Waals surface area contributed by atoms with Crippen molar-refractivity contribution in [3.8, 4) is 0 Å². The fourth-order valence-corrected chi connectivity index (χ4v) is 2.38. The van der Waals surface area contributed by atoms with Gasteiger partial charge < -0.3 is 5.32 Å². The number of fused-ring (bicyclic) bond motifs is 1. The number of rotatable bonds is 3. The molecule has 20 heavy (non-hydrogen) atoms. The van der Waals surface area contributed by atoms with Gasteiger partial charge in [-0.1, -0.05) is 0 Å². The van der Waals surface area contributed by atoms with Crippen LogP contribution in [0.2, 0.25) is 0 Å². The van der Waals surface area contributed by atoms with E-state index in [9.17, 15) is 9.59 Å². The number of carbonyl (C=O) groups is 2. The summed E-state index contributed by atoms with van der Waals surface area (Å²) >= 11 is 2.22. The van der Waals surface area contributed by atoms with Crippen molar-refractivity contribution in [3.05, 3.63) is 57.4 Å². The van der Waals surface area contributed by atoms with Crippen LogP contribution in [0.5, 0.6) is 0 Å². The van der Waals surface area contributed by atoms with Crippen LogP contribution in [0.1, 0.15) is 20.7 Å². The number of aromatic nitrogens is 1. The van der Waals surface area contributed by atoms with Gasteiger partial charge >= 0.3 is 0 Å². The summed E-state index contributed by atoms with van der Waals surface area (Å²) in [5.74, 6) is -0.596. The molecule has 3 rings (SSSR count). The Morgan fingerprint density at radius 2 is 1.75 bits per heavy atom. The molecule has 0 fully saturated rings. The Hall–Kier alpha value is -1.96. The maximum Gasteiger partial charge on any atom is 0.264 e. The normalized spacial score (nSPS) is 13.6. The smallest absolute Gasteiger partial charge is 0.264 e. The second-order valence-electron chi connectivity index (χ2n) is 4.30. The minimum Gasteiger partial charge on any atom is -0.367 e. The van der Waals surface area contributed by atoms with Gasteiger partial charge in [-0.3, -0.25) is 19.5 Å². The number of anilines is 1. The summed E-state index contributed by atoms with van der Waals surface area (Å²) < 4.78 is 1.12. The molecule has 1 aliphatic rings. The van der Waals surface area contributed by atoms with Crippen LogP contribution in [-0.2, 0) is 0 Å². The van der Waals surface area contributed by atoms with Gasteiger partial charge in [0.25, 0.3) is 11.8 Å². The molecular formula is C14H10IN3O2. The van der Waals surface area contributed by atoms with Crippen LogP contribution in [-0.4, -0.2) is 28.4 Å². The van der Waals surface area contributed by atoms with E-state index in [-0.39, 0.29) is 18.5 Å². The molecule has 2 aromatic rings. The molecule has 0 spiro atoms. The zero-order valence-electron chi connectivity index (χ0n) is 10.3. The van der Waals surface area contributed by atoms with Gasteiger partial charge in [0.2, 0.25) is 0 Å². The van der Waals surface area contributed by atoms with E-state index in [4.69, 9.17) is 0 Å². The summed E-state index contributed by atoms with van der Waals surface area (Å²) in [5, 5.41) is 3.07. The maximum atomic E-state index is 12.1. The van der Waals surface area contributed by atoms with E-state index in [1.165, 1.54) is 17.3 Å². The first kappa shape index (κ1) is 13.0. The number of halogens is 1. The van der Waals surface area contributed by atoms with Crippen molar-refractivity contribution in [1.82, 2.24) is 9.88 Å². The molecule has 1 aromatic carbocycles. The van der Waals surface area contributed by atoms with Crippen LogP contribution >= 0.6 is 22.6 Å². The number of hydrogen-bond acceptors (Lipinski definition) is 4. The lowest BCUT2D eigenvalue weighted by Gasteiger charge is -2.15. The first-order valence-electron chi connectivity index (χ1n) is 5.96. The Balaban J connectivity index is 1.75. The number of benzene rings is 1. The first-order valence-corrected chi connectivity index (χ1v) is 7.04. The van der Waals surface area contributed by atoms with E-state index in [2.05, 4.69) is 32.9 Å². The van der Waals surface area contributed by atoms with Gasteiger partial charge in [0.05, 0.1) is 17.8 Å². The third-order valence-electron chi connectivity index (χ3n) is 3.06. The molecule has 2 heterocycles. The SMILES string of the molecule is O=C1c2ccncc2C(=O)N1CNc1ccc(I)cc1. The van der Waals surface area contributed by atoms with Crippen LogP contribution in [0, 0.1) is 3.57 Å². The Morgan fingerprint density at radius 1 is 1.05 bits per heavy atom. The molecule has 0 aliphatic carbocycles. The molecule has 0 atom stereocenters. The fraction of sp³-hybridized carbons (Fsp3) is 0.0714. The van der Waals surface area contributed by atoms with Gasteiger partial charge in [0.1, 0.15) is 0 Å². The molecule has 0 radical (unpaired) electrons. The minimum absolute atomic E-state index is 0.146. The highest BCUT2D eigenvalue weighted by atomic mass is 127. The van der Waals surface area contributed by atoms with Gasteiger partial charge in [0.15, 0.2) is 0 Å². The number of carbonyl (C=O) groups excluding carboxylic acids is 2. The number of nitrogens with one attached hydrogen (secondary N) is 1. The van der Waals surface area contributed by atoms with Gasteiger partial charge in [-0.05, 0) is 52.9 Å². The Labute approximate surface area is 129 Å². The Bertz CT molecular complexity index is 650. The second-order valence-corrected chi connectivity index (χ2v) is 5.55.